The minimum atomic E-state index is -1.30. The summed E-state index contributed by atoms with van der Waals surface area (Å²) in [4.78, 5) is 13.9. The lowest BCUT2D eigenvalue weighted by Crippen LogP contribution is -2.02. The van der Waals surface area contributed by atoms with Gasteiger partial charge in [0.15, 0.2) is 5.69 Å². The Morgan fingerprint density at radius 3 is 2.24 bits per heavy atom. The molecule has 0 fully saturated rings. The first-order valence-corrected chi connectivity index (χ1v) is 4.73. The molecule has 3 nitrogen and oxygen atoms in total. The molecule has 0 saturated carbocycles. The monoisotopic (exact) mass is 235 g/mol. The highest BCUT2D eigenvalue weighted by molar-refractivity contribution is 5.85. The lowest BCUT2D eigenvalue weighted by Gasteiger charge is -2.03. The second-order valence-corrected chi connectivity index (χ2v) is 3.35. The van der Waals surface area contributed by atoms with Crippen LogP contribution in [0.15, 0.2) is 36.4 Å². The maximum absolute atomic E-state index is 13.5. The molecule has 0 radical (unpaired) electrons. The molecule has 86 valence electrons. The van der Waals surface area contributed by atoms with E-state index in [4.69, 9.17) is 5.11 Å². The van der Waals surface area contributed by atoms with Crippen molar-refractivity contribution < 1.29 is 18.7 Å². The van der Waals surface area contributed by atoms with Crippen LogP contribution in [-0.2, 0) is 0 Å². The lowest BCUT2D eigenvalue weighted by molar-refractivity contribution is 0.0689. The van der Waals surface area contributed by atoms with Gasteiger partial charge in [-0.1, -0.05) is 12.1 Å². The van der Waals surface area contributed by atoms with Gasteiger partial charge in [0.2, 0.25) is 5.95 Å². The molecule has 0 aliphatic heterocycles. The van der Waals surface area contributed by atoms with E-state index in [0.29, 0.717) is 5.56 Å². The van der Waals surface area contributed by atoms with Gasteiger partial charge in [0.05, 0.1) is 0 Å². The zero-order valence-corrected chi connectivity index (χ0v) is 8.52. The first-order chi connectivity index (χ1) is 8.08. The predicted molar refractivity (Wildman–Crippen MR) is 56.5 cm³/mol. The molecule has 0 spiro atoms. The van der Waals surface area contributed by atoms with Crippen molar-refractivity contribution in [3.05, 3.63) is 53.9 Å². The topological polar surface area (TPSA) is 50.2 Å². The number of carboxylic acid groups (broad SMARTS) is 1. The largest absolute Gasteiger partial charge is 0.477 e. The minimum Gasteiger partial charge on any atom is -0.477 e. The molecule has 1 heterocycles. The van der Waals surface area contributed by atoms with Crippen molar-refractivity contribution in [3.8, 4) is 11.1 Å². The Bertz CT molecular complexity index is 567. The molecule has 0 bridgehead atoms. The molecule has 0 aliphatic carbocycles. The van der Waals surface area contributed by atoms with Gasteiger partial charge in [-0.15, -0.1) is 0 Å². The first-order valence-electron chi connectivity index (χ1n) is 4.73. The van der Waals surface area contributed by atoms with Crippen molar-refractivity contribution in [1.29, 1.82) is 0 Å². The Morgan fingerprint density at radius 2 is 1.71 bits per heavy atom. The summed E-state index contributed by atoms with van der Waals surface area (Å²) in [6.45, 7) is 0. The number of hydrogen-bond acceptors (Lipinski definition) is 2. The SMILES string of the molecule is O=C(O)c1ccc(-c2ccc(F)cc2)c(F)n1. The number of aromatic nitrogens is 1. The normalized spacial score (nSPS) is 10.2. The van der Waals surface area contributed by atoms with Gasteiger partial charge in [-0.05, 0) is 29.8 Å². The van der Waals surface area contributed by atoms with Gasteiger partial charge >= 0.3 is 5.97 Å². The summed E-state index contributed by atoms with van der Waals surface area (Å²) in [5.74, 6) is -2.62. The summed E-state index contributed by atoms with van der Waals surface area (Å²) in [7, 11) is 0. The van der Waals surface area contributed by atoms with E-state index >= 15 is 0 Å². The molecule has 5 heteroatoms. The Kier molecular flexibility index (Phi) is 2.82. The smallest absolute Gasteiger partial charge is 0.354 e. The second-order valence-electron chi connectivity index (χ2n) is 3.35. The fraction of sp³-hybridized carbons (Fsp3) is 0. The number of carboxylic acids is 1. The van der Waals surface area contributed by atoms with Gasteiger partial charge in [-0.2, -0.15) is 4.39 Å². The standard InChI is InChI=1S/C12H7F2NO2/c13-8-3-1-7(2-4-8)9-5-6-10(12(16)17)15-11(9)14/h1-6H,(H,16,17). The van der Waals surface area contributed by atoms with Crippen LogP contribution in [0.25, 0.3) is 11.1 Å². The van der Waals surface area contributed by atoms with Gasteiger partial charge in [0.25, 0.3) is 0 Å². The van der Waals surface area contributed by atoms with Gasteiger partial charge in [-0.25, -0.2) is 14.2 Å². The molecule has 0 amide bonds. The van der Waals surface area contributed by atoms with E-state index in [2.05, 4.69) is 4.98 Å². The molecule has 1 aromatic heterocycles. The highest BCUT2D eigenvalue weighted by atomic mass is 19.1. The van der Waals surface area contributed by atoms with E-state index in [-0.39, 0.29) is 11.3 Å². The summed E-state index contributed by atoms with van der Waals surface area (Å²) in [5.41, 5.74) is 0.205. The van der Waals surface area contributed by atoms with E-state index in [1.165, 1.54) is 36.4 Å². The number of benzene rings is 1. The second kappa shape index (κ2) is 4.29. The van der Waals surface area contributed by atoms with Crippen LogP contribution < -0.4 is 0 Å². The zero-order chi connectivity index (χ0) is 12.4. The van der Waals surface area contributed by atoms with Crippen molar-refractivity contribution in [2.45, 2.75) is 0 Å². The molecular formula is C12H7F2NO2. The molecule has 1 N–H and O–H groups in total. The number of carbonyl (C=O) groups is 1. The highest BCUT2D eigenvalue weighted by Crippen LogP contribution is 2.22. The van der Waals surface area contributed by atoms with Crippen LogP contribution >= 0.6 is 0 Å². The molecule has 0 atom stereocenters. The molecule has 0 aliphatic rings. The zero-order valence-electron chi connectivity index (χ0n) is 8.52. The summed E-state index contributed by atoms with van der Waals surface area (Å²) in [5, 5.41) is 8.63. The Balaban J connectivity index is 2.46. The van der Waals surface area contributed by atoms with Gasteiger partial charge in [-0.3, -0.25) is 0 Å². The Morgan fingerprint density at radius 1 is 1.06 bits per heavy atom. The number of nitrogens with zero attached hydrogens (tertiary/aromatic N) is 1. The molecule has 0 unspecified atom stereocenters. The number of pyridine rings is 1. The van der Waals surface area contributed by atoms with Gasteiger partial charge < -0.3 is 5.11 Å². The molecule has 2 rings (SSSR count). The minimum absolute atomic E-state index is 0.134. The first kappa shape index (κ1) is 11.2. The third-order valence-electron chi connectivity index (χ3n) is 2.22. The average Bonchev–Trinajstić information content (AvgIpc) is 2.30. The van der Waals surface area contributed by atoms with Crippen LogP contribution in [0.2, 0.25) is 0 Å². The van der Waals surface area contributed by atoms with Crippen LogP contribution in [0.3, 0.4) is 0 Å². The maximum Gasteiger partial charge on any atom is 0.354 e. The summed E-state index contributed by atoms with van der Waals surface area (Å²) in [6.07, 6.45) is 0. The van der Waals surface area contributed by atoms with Crippen molar-refractivity contribution in [3.63, 3.8) is 0 Å². The van der Waals surface area contributed by atoms with Crippen molar-refractivity contribution >= 4 is 5.97 Å². The average molecular weight is 235 g/mol. The summed E-state index contributed by atoms with van der Waals surface area (Å²) < 4.78 is 26.2. The molecule has 17 heavy (non-hydrogen) atoms. The van der Waals surface area contributed by atoms with Crippen molar-refractivity contribution in [2.75, 3.05) is 0 Å². The van der Waals surface area contributed by atoms with Crippen LogP contribution in [0.5, 0.6) is 0 Å². The van der Waals surface area contributed by atoms with E-state index in [1.54, 1.807) is 0 Å². The van der Waals surface area contributed by atoms with Crippen LogP contribution in [-0.4, -0.2) is 16.1 Å². The maximum atomic E-state index is 13.5. The number of hydrogen-bond donors (Lipinski definition) is 1. The molecule has 0 saturated heterocycles. The predicted octanol–water partition coefficient (Wildman–Crippen LogP) is 2.73. The van der Waals surface area contributed by atoms with Gasteiger partial charge in [0.1, 0.15) is 5.82 Å². The third-order valence-corrected chi connectivity index (χ3v) is 2.22. The van der Waals surface area contributed by atoms with Gasteiger partial charge in [0, 0.05) is 5.56 Å². The van der Waals surface area contributed by atoms with Crippen LogP contribution in [0.4, 0.5) is 8.78 Å². The number of rotatable bonds is 2. The van der Waals surface area contributed by atoms with Crippen molar-refractivity contribution in [1.82, 2.24) is 4.98 Å². The van der Waals surface area contributed by atoms with E-state index < -0.39 is 17.7 Å². The molecular weight excluding hydrogens is 228 g/mol. The van der Waals surface area contributed by atoms with Crippen LogP contribution in [0.1, 0.15) is 10.5 Å². The van der Waals surface area contributed by atoms with E-state index in [9.17, 15) is 13.6 Å². The Labute approximate surface area is 95.4 Å². The Hall–Kier alpha value is -2.30. The fourth-order valence-electron chi connectivity index (χ4n) is 1.40. The van der Waals surface area contributed by atoms with Crippen molar-refractivity contribution in [2.24, 2.45) is 0 Å². The summed E-state index contributed by atoms with van der Waals surface area (Å²) in [6, 6.07) is 7.69. The summed E-state index contributed by atoms with van der Waals surface area (Å²) >= 11 is 0. The quantitative estimate of drug-likeness (QED) is 0.814. The molecule has 2 aromatic rings. The van der Waals surface area contributed by atoms with Crippen LogP contribution in [0, 0.1) is 11.8 Å². The third kappa shape index (κ3) is 2.28. The highest BCUT2D eigenvalue weighted by Gasteiger charge is 2.11. The number of aromatic carboxylic acids is 1. The van der Waals surface area contributed by atoms with E-state index in [0.717, 1.165) is 0 Å². The number of halogens is 2. The fourth-order valence-corrected chi connectivity index (χ4v) is 1.40. The molecule has 1 aromatic carbocycles. The lowest BCUT2D eigenvalue weighted by atomic mass is 10.1. The van der Waals surface area contributed by atoms with E-state index in [1.807, 2.05) is 0 Å².